The van der Waals surface area contributed by atoms with Crippen LogP contribution in [0.1, 0.15) is 21.8 Å². The predicted molar refractivity (Wildman–Crippen MR) is 128 cm³/mol. The lowest BCUT2D eigenvalue weighted by atomic mass is 10.2. The standard InChI is InChI=1S/C24H18N4O2S2/c1-15-13-18(28-30-15)14-31-24-19(5-4-12-25-24)22(29)26-17-10-8-16(9-11-17)23-27-20-6-2-3-7-21(20)32-23/h2-13H,14H2,1H3,(H,26,29). The van der Waals surface area contributed by atoms with Crippen molar-refractivity contribution in [1.29, 1.82) is 0 Å². The van der Waals surface area contributed by atoms with E-state index < -0.39 is 0 Å². The van der Waals surface area contributed by atoms with Crippen LogP contribution >= 0.6 is 23.1 Å². The zero-order valence-electron chi connectivity index (χ0n) is 17.1. The first kappa shape index (κ1) is 20.4. The first-order chi connectivity index (χ1) is 15.7. The quantitative estimate of drug-likeness (QED) is 0.305. The summed E-state index contributed by atoms with van der Waals surface area (Å²) in [6.45, 7) is 1.85. The second kappa shape index (κ2) is 8.94. The summed E-state index contributed by atoms with van der Waals surface area (Å²) in [5.74, 6) is 1.13. The van der Waals surface area contributed by atoms with Gasteiger partial charge in [0, 0.05) is 29.3 Å². The molecule has 0 fully saturated rings. The minimum absolute atomic E-state index is 0.204. The number of benzene rings is 2. The van der Waals surface area contributed by atoms with Crippen molar-refractivity contribution in [3.05, 3.63) is 89.9 Å². The fourth-order valence-corrected chi connectivity index (χ4v) is 5.04. The van der Waals surface area contributed by atoms with E-state index in [9.17, 15) is 4.79 Å². The number of fused-ring (bicyclic) bond motifs is 1. The number of nitrogens with one attached hydrogen (secondary N) is 1. The second-order valence-electron chi connectivity index (χ2n) is 7.09. The van der Waals surface area contributed by atoms with Crippen molar-refractivity contribution in [3.63, 3.8) is 0 Å². The lowest BCUT2D eigenvalue weighted by Crippen LogP contribution is -2.13. The van der Waals surface area contributed by atoms with E-state index in [-0.39, 0.29) is 5.91 Å². The van der Waals surface area contributed by atoms with Gasteiger partial charge < -0.3 is 9.84 Å². The number of aromatic nitrogens is 3. The van der Waals surface area contributed by atoms with Gasteiger partial charge >= 0.3 is 0 Å². The van der Waals surface area contributed by atoms with E-state index in [4.69, 9.17) is 4.52 Å². The van der Waals surface area contributed by atoms with E-state index in [2.05, 4.69) is 26.5 Å². The molecule has 1 N–H and O–H groups in total. The monoisotopic (exact) mass is 458 g/mol. The van der Waals surface area contributed by atoms with E-state index in [1.807, 2.05) is 55.5 Å². The fraction of sp³-hybridized carbons (Fsp3) is 0.0833. The molecule has 158 valence electrons. The van der Waals surface area contributed by atoms with Crippen LogP contribution in [0.4, 0.5) is 5.69 Å². The van der Waals surface area contributed by atoms with Crippen LogP contribution in [0.2, 0.25) is 0 Å². The van der Waals surface area contributed by atoms with Gasteiger partial charge in [0.2, 0.25) is 0 Å². The van der Waals surface area contributed by atoms with Gasteiger partial charge in [-0.25, -0.2) is 9.97 Å². The Bertz CT molecular complexity index is 1360. The Kier molecular flexibility index (Phi) is 5.70. The third kappa shape index (κ3) is 4.42. The molecule has 0 aliphatic heterocycles. The van der Waals surface area contributed by atoms with Gasteiger partial charge in [-0.15, -0.1) is 11.3 Å². The molecule has 5 rings (SSSR count). The summed E-state index contributed by atoms with van der Waals surface area (Å²) in [7, 11) is 0. The molecule has 0 radical (unpaired) electrons. The highest BCUT2D eigenvalue weighted by molar-refractivity contribution is 7.98. The number of para-hydroxylation sites is 1. The molecule has 0 saturated heterocycles. The van der Waals surface area contributed by atoms with Gasteiger partial charge in [-0.2, -0.15) is 0 Å². The maximum absolute atomic E-state index is 12.9. The number of carbonyl (C=O) groups excluding carboxylic acids is 1. The smallest absolute Gasteiger partial charge is 0.258 e. The van der Waals surface area contributed by atoms with Crippen LogP contribution in [0.5, 0.6) is 0 Å². The largest absolute Gasteiger partial charge is 0.361 e. The number of pyridine rings is 1. The highest BCUT2D eigenvalue weighted by Gasteiger charge is 2.14. The number of nitrogens with zero attached hydrogens (tertiary/aromatic N) is 3. The Balaban J connectivity index is 1.29. The summed E-state index contributed by atoms with van der Waals surface area (Å²) in [5, 5.41) is 8.56. The molecule has 5 aromatic rings. The van der Waals surface area contributed by atoms with Crippen molar-refractivity contribution < 1.29 is 9.32 Å². The zero-order valence-corrected chi connectivity index (χ0v) is 18.7. The van der Waals surface area contributed by atoms with Crippen LogP contribution in [-0.2, 0) is 5.75 Å². The number of anilines is 1. The molecule has 0 aliphatic carbocycles. The molecule has 3 heterocycles. The number of aryl methyl sites for hydroxylation is 1. The summed E-state index contributed by atoms with van der Waals surface area (Å²) in [6.07, 6.45) is 1.68. The zero-order chi connectivity index (χ0) is 21.9. The first-order valence-corrected chi connectivity index (χ1v) is 11.7. The van der Waals surface area contributed by atoms with Crippen molar-refractivity contribution >= 4 is 44.9 Å². The van der Waals surface area contributed by atoms with Crippen molar-refractivity contribution in [1.82, 2.24) is 15.1 Å². The third-order valence-electron chi connectivity index (χ3n) is 4.73. The van der Waals surface area contributed by atoms with Gasteiger partial charge in [-0.1, -0.05) is 29.1 Å². The Morgan fingerprint density at radius 2 is 1.94 bits per heavy atom. The Morgan fingerprint density at radius 1 is 1.09 bits per heavy atom. The molecular formula is C24H18N4O2S2. The lowest BCUT2D eigenvalue weighted by Gasteiger charge is -2.09. The van der Waals surface area contributed by atoms with Crippen LogP contribution in [0.25, 0.3) is 20.8 Å². The Morgan fingerprint density at radius 3 is 2.72 bits per heavy atom. The number of amides is 1. The van der Waals surface area contributed by atoms with E-state index in [0.717, 1.165) is 32.2 Å². The minimum atomic E-state index is -0.204. The SMILES string of the molecule is Cc1cc(CSc2ncccc2C(=O)Nc2ccc(-c3nc4ccccc4s3)cc2)no1. The van der Waals surface area contributed by atoms with E-state index in [1.54, 1.807) is 29.7 Å². The third-order valence-corrected chi connectivity index (χ3v) is 6.86. The predicted octanol–water partition coefficient (Wildman–Crippen LogP) is 6.20. The minimum Gasteiger partial charge on any atom is -0.361 e. The van der Waals surface area contributed by atoms with Gasteiger partial charge in [-0.05, 0) is 55.5 Å². The maximum atomic E-state index is 12.9. The van der Waals surface area contributed by atoms with Crippen molar-refractivity contribution in [2.24, 2.45) is 0 Å². The molecule has 0 aliphatic rings. The number of hydrogen-bond acceptors (Lipinski definition) is 7. The van der Waals surface area contributed by atoms with Crippen LogP contribution in [0.3, 0.4) is 0 Å². The number of rotatable bonds is 6. The summed E-state index contributed by atoms with van der Waals surface area (Å²) in [5.41, 5.74) is 4.06. The molecule has 1 amide bonds. The summed E-state index contributed by atoms with van der Waals surface area (Å²) in [6, 6.07) is 21.2. The molecule has 0 unspecified atom stereocenters. The van der Waals surface area contributed by atoms with Gasteiger partial charge in [0.05, 0.1) is 21.5 Å². The van der Waals surface area contributed by atoms with Gasteiger partial charge in [0.15, 0.2) is 0 Å². The number of carbonyl (C=O) groups is 1. The second-order valence-corrected chi connectivity index (χ2v) is 9.09. The molecule has 0 saturated carbocycles. The van der Waals surface area contributed by atoms with Crippen molar-refractivity contribution in [2.45, 2.75) is 17.7 Å². The average molecular weight is 459 g/mol. The maximum Gasteiger partial charge on any atom is 0.258 e. The summed E-state index contributed by atoms with van der Waals surface area (Å²) < 4.78 is 6.26. The molecular weight excluding hydrogens is 440 g/mol. The van der Waals surface area contributed by atoms with E-state index in [0.29, 0.717) is 22.0 Å². The highest BCUT2D eigenvalue weighted by atomic mass is 32.2. The van der Waals surface area contributed by atoms with E-state index >= 15 is 0 Å². The molecule has 2 aromatic carbocycles. The van der Waals surface area contributed by atoms with Crippen LogP contribution in [0, 0.1) is 6.92 Å². The molecule has 0 spiro atoms. The molecule has 0 bridgehead atoms. The average Bonchev–Trinajstić information content (AvgIpc) is 3.44. The van der Waals surface area contributed by atoms with Gasteiger partial charge in [0.25, 0.3) is 5.91 Å². The van der Waals surface area contributed by atoms with Crippen LogP contribution < -0.4 is 5.32 Å². The Hall–Kier alpha value is -3.49. The van der Waals surface area contributed by atoms with Crippen molar-refractivity contribution in [2.75, 3.05) is 5.32 Å². The van der Waals surface area contributed by atoms with Gasteiger partial charge in [-0.3, -0.25) is 4.79 Å². The highest BCUT2D eigenvalue weighted by Crippen LogP contribution is 2.31. The van der Waals surface area contributed by atoms with Crippen molar-refractivity contribution in [3.8, 4) is 10.6 Å². The lowest BCUT2D eigenvalue weighted by molar-refractivity contribution is 0.102. The number of thioether (sulfide) groups is 1. The Labute approximate surface area is 192 Å². The van der Waals surface area contributed by atoms with Crippen LogP contribution in [-0.4, -0.2) is 21.0 Å². The summed E-state index contributed by atoms with van der Waals surface area (Å²) in [4.78, 5) is 22.0. The van der Waals surface area contributed by atoms with Crippen LogP contribution in [0.15, 0.2) is 82.5 Å². The molecule has 6 nitrogen and oxygen atoms in total. The number of thiazole rings is 1. The van der Waals surface area contributed by atoms with E-state index in [1.165, 1.54) is 11.8 Å². The molecule has 3 aromatic heterocycles. The number of hydrogen-bond donors (Lipinski definition) is 1. The topological polar surface area (TPSA) is 80.9 Å². The molecule has 0 atom stereocenters. The summed E-state index contributed by atoms with van der Waals surface area (Å²) >= 11 is 3.11. The first-order valence-electron chi connectivity index (χ1n) is 9.93. The fourth-order valence-electron chi connectivity index (χ4n) is 3.20. The normalized spacial score (nSPS) is 11.0. The molecule has 8 heteroatoms. The van der Waals surface area contributed by atoms with Gasteiger partial charge in [0.1, 0.15) is 15.8 Å². The molecule has 32 heavy (non-hydrogen) atoms.